The molecule has 0 amide bonds. The van der Waals surface area contributed by atoms with Crippen molar-refractivity contribution in [2.75, 3.05) is 16.5 Å². The van der Waals surface area contributed by atoms with Crippen molar-refractivity contribution in [1.82, 2.24) is 19.5 Å². The molecule has 0 bridgehead atoms. The molecule has 0 radical (unpaired) electrons. The van der Waals surface area contributed by atoms with Gasteiger partial charge in [-0.2, -0.15) is 0 Å². The predicted molar refractivity (Wildman–Crippen MR) is 221 cm³/mol. The van der Waals surface area contributed by atoms with Crippen LogP contribution < -0.4 is 9.80 Å². The van der Waals surface area contributed by atoms with E-state index in [0.29, 0.717) is 6.67 Å². The lowest BCUT2D eigenvalue weighted by molar-refractivity contribution is 0.956. The Balaban J connectivity index is 1.22. The molecule has 0 aliphatic carbocycles. The van der Waals surface area contributed by atoms with Gasteiger partial charge in [-0.25, -0.2) is 15.0 Å². The van der Waals surface area contributed by atoms with Crippen LogP contribution in [-0.2, 0) is 0 Å². The van der Waals surface area contributed by atoms with Crippen LogP contribution in [0.2, 0.25) is 0 Å². The first-order chi connectivity index (χ1) is 26.8. The van der Waals surface area contributed by atoms with E-state index in [2.05, 4.69) is 184 Å². The minimum absolute atomic E-state index is 0.624. The number of aromatic nitrogens is 4. The van der Waals surface area contributed by atoms with E-state index >= 15 is 0 Å². The van der Waals surface area contributed by atoms with Crippen LogP contribution in [0.25, 0.3) is 38.8 Å². The summed E-state index contributed by atoms with van der Waals surface area (Å²) in [4.78, 5) is 19.4. The summed E-state index contributed by atoms with van der Waals surface area (Å²) in [6.07, 6.45) is 3.56. The topological polar surface area (TPSA) is 50.1 Å². The van der Waals surface area contributed by atoms with E-state index in [1.165, 1.54) is 10.8 Å². The van der Waals surface area contributed by atoms with E-state index in [1.54, 1.807) is 6.33 Å². The van der Waals surface area contributed by atoms with Crippen LogP contribution in [0, 0.1) is 0 Å². The summed E-state index contributed by atoms with van der Waals surface area (Å²) >= 11 is 0. The average Bonchev–Trinajstić information content (AvgIpc) is 3.80. The molecule has 4 heterocycles. The van der Waals surface area contributed by atoms with E-state index < -0.39 is 0 Å². The SMILES string of the molecule is c1ccc(C(=C(c2ccc3c4ccccc4n(-c4ccccn4)c3c2)c2cc(N3CN(c4ccccc4)c4ccccc43)ncn2)c2ccccc2)cc1. The molecule has 1 aliphatic rings. The molecule has 0 saturated carbocycles. The molecule has 0 saturated heterocycles. The van der Waals surface area contributed by atoms with Gasteiger partial charge in [0, 0.05) is 34.3 Å². The van der Waals surface area contributed by atoms with Crippen LogP contribution in [0.5, 0.6) is 0 Å². The first kappa shape index (κ1) is 31.4. The summed E-state index contributed by atoms with van der Waals surface area (Å²) in [5, 5.41) is 2.35. The molecular weight excluding hydrogens is 661 g/mol. The summed E-state index contributed by atoms with van der Waals surface area (Å²) in [6, 6.07) is 63.9. The van der Waals surface area contributed by atoms with Gasteiger partial charge in [-0.05, 0) is 70.8 Å². The van der Waals surface area contributed by atoms with Crippen molar-refractivity contribution in [3.63, 3.8) is 0 Å². The van der Waals surface area contributed by atoms with Crippen LogP contribution in [0.1, 0.15) is 22.4 Å². The largest absolute Gasteiger partial charge is 0.321 e. The molecule has 256 valence electrons. The van der Waals surface area contributed by atoms with E-state index in [-0.39, 0.29) is 0 Å². The van der Waals surface area contributed by atoms with Gasteiger partial charge < -0.3 is 9.80 Å². The van der Waals surface area contributed by atoms with Gasteiger partial charge in [0.25, 0.3) is 0 Å². The van der Waals surface area contributed by atoms with Gasteiger partial charge >= 0.3 is 0 Å². The van der Waals surface area contributed by atoms with Gasteiger partial charge in [0.2, 0.25) is 0 Å². The van der Waals surface area contributed by atoms with E-state index in [4.69, 9.17) is 15.0 Å². The highest BCUT2D eigenvalue weighted by Gasteiger charge is 2.29. The molecule has 0 atom stereocenters. The summed E-state index contributed by atoms with van der Waals surface area (Å²) in [5.41, 5.74) is 11.8. The highest BCUT2D eigenvalue weighted by atomic mass is 15.4. The molecule has 0 N–H and O–H groups in total. The third-order valence-electron chi connectivity index (χ3n) is 10.2. The Morgan fingerprint density at radius 1 is 0.426 bits per heavy atom. The molecule has 54 heavy (non-hydrogen) atoms. The molecule has 9 aromatic rings. The lowest BCUT2D eigenvalue weighted by atomic mass is 9.87. The minimum atomic E-state index is 0.624. The Morgan fingerprint density at radius 2 is 1.06 bits per heavy atom. The molecule has 6 aromatic carbocycles. The fourth-order valence-electron chi connectivity index (χ4n) is 7.81. The smallest absolute Gasteiger partial charge is 0.138 e. The number of hydrogen-bond acceptors (Lipinski definition) is 5. The third-order valence-corrected chi connectivity index (χ3v) is 10.2. The number of rotatable bonds is 7. The molecule has 0 spiro atoms. The van der Waals surface area contributed by atoms with Crippen molar-refractivity contribution < 1.29 is 0 Å². The highest BCUT2D eigenvalue weighted by molar-refractivity contribution is 6.11. The molecule has 6 nitrogen and oxygen atoms in total. The second-order valence-electron chi connectivity index (χ2n) is 13.3. The quantitative estimate of drug-likeness (QED) is 0.155. The zero-order valence-corrected chi connectivity index (χ0v) is 29.4. The van der Waals surface area contributed by atoms with E-state index in [9.17, 15) is 0 Å². The van der Waals surface area contributed by atoms with Gasteiger partial charge in [0.1, 0.15) is 24.6 Å². The maximum atomic E-state index is 5.07. The van der Waals surface area contributed by atoms with Crippen LogP contribution >= 0.6 is 0 Å². The van der Waals surface area contributed by atoms with Crippen LogP contribution in [0.3, 0.4) is 0 Å². The van der Waals surface area contributed by atoms with Crippen LogP contribution in [0.4, 0.5) is 22.9 Å². The van der Waals surface area contributed by atoms with Gasteiger partial charge in [0.05, 0.1) is 28.1 Å². The van der Waals surface area contributed by atoms with Crippen molar-refractivity contribution in [2.24, 2.45) is 0 Å². The summed E-state index contributed by atoms with van der Waals surface area (Å²) in [7, 11) is 0. The van der Waals surface area contributed by atoms with Crippen molar-refractivity contribution in [3.05, 3.63) is 217 Å². The highest BCUT2D eigenvalue weighted by Crippen LogP contribution is 2.45. The summed E-state index contributed by atoms with van der Waals surface area (Å²) in [5.74, 6) is 1.70. The number of nitrogens with zero attached hydrogens (tertiary/aromatic N) is 6. The van der Waals surface area contributed by atoms with Crippen molar-refractivity contribution in [3.8, 4) is 5.82 Å². The number of para-hydroxylation sites is 4. The second kappa shape index (κ2) is 13.3. The average molecular weight is 695 g/mol. The van der Waals surface area contributed by atoms with Gasteiger partial charge in [-0.15, -0.1) is 0 Å². The molecule has 1 aliphatic heterocycles. The van der Waals surface area contributed by atoms with Gasteiger partial charge in [-0.3, -0.25) is 4.57 Å². The lowest BCUT2D eigenvalue weighted by Crippen LogP contribution is -2.24. The Kier molecular flexibility index (Phi) is 7.77. The molecular formula is C48H34N6. The molecule has 3 aromatic heterocycles. The zero-order valence-electron chi connectivity index (χ0n) is 29.4. The van der Waals surface area contributed by atoms with E-state index in [0.717, 1.165) is 73.3 Å². The standard InChI is InChI=1S/C48H34N6/c1-4-16-34(17-5-1)47(35-18-6-2-7-19-35)48(36-27-28-39-38-22-10-11-23-41(38)54(44(39)30-36)45-26-14-15-29-49-45)40-31-46(51-32-50-40)53-33-52(37-20-8-3-9-21-37)42-24-12-13-25-43(42)53/h1-32H,33H2. The molecule has 0 fully saturated rings. The Hall–Kier alpha value is -7.31. The summed E-state index contributed by atoms with van der Waals surface area (Å²) < 4.78 is 2.27. The fraction of sp³-hybridized carbons (Fsp3) is 0.0208. The zero-order chi connectivity index (χ0) is 35.8. The Labute approximate surface area is 313 Å². The first-order valence-corrected chi connectivity index (χ1v) is 18.1. The maximum absolute atomic E-state index is 5.07. The lowest BCUT2D eigenvalue weighted by Gasteiger charge is -2.22. The maximum Gasteiger partial charge on any atom is 0.138 e. The van der Waals surface area contributed by atoms with Crippen molar-refractivity contribution in [1.29, 1.82) is 0 Å². The monoisotopic (exact) mass is 694 g/mol. The Morgan fingerprint density at radius 3 is 1.78 bits per heavy atom. The second-order valence-corrected chi connectivity index (χ2v) is 13.3. The number of hydrogen-bond donors (Lipinski definition) is 0. The molecule has 6 heteroatoms. The number of benzene rings is 6. The van der Waals surface area contributed by atoms with Gasteiger partial charge in [-0.1, -0.05) is 127 Å². The Bertz CT molecular complexity index is 2750. The normalized spacial score (nSPS) is 12.3. The molecule has 0 unspecified atom stereocenters. The predicted octanol–water partition coefficient (Wildman–Crippen LogP) is 11.2. The van der Waals surface area contributed by atoms with Crippen LogP contribution in [-0.4, -0.2) is 26.2 Å². The van der Waals surface area contributed by atoms with E-state index in [1.807, 2.05) is 18.3 Å². The third kappa shape index (κ3) is 5.40. The number of pyridine rings is 1. The minimum Gasteiger partial charge on any atom is -0.321 e. The molecule has 10 rings (SSSR count). The summed E-state index contributed by atoms with van der Waals surface area (Å²) in [6.45, 7) is 0.624. The van der Waals surface area contributed by atoms with Crippen molar-refractivity contribution in [2.45, 2.75) is 0 Å². The van der Waals surface area contributed by atoms with Crippen molar-refractivity contribution >= 4 is 55.8 Å². The van der Waals surface area contributed by atoms with Crippen LogP contribution in [0.15, 0.2) is 195 Å². The number of fused-ring (bicyclic) bond motifs is 4. The number of anilines is 4. The first-order valence-electron chi connectivity index (χ1n) is 18.1. The fourth-order valence-corrected chi connectivity index (χ4v) is 7.81. The van der Waals surface area contributed by atoms with Gasteiger partial charge in [0.15, 0.2) is 0 Å².